The fourth-order valence-electron chi connectivity index (χ4n) is 1.59. The maximum Gasteiger partial charge on any atom is 0.0991 e. The fraction of sp³-hybridized carbons (Fsp3) is 0.357. The molecule has 0 unspecified atom stereocenters. The van der Waals surface area contributed by atoms with E-state index < -0.39 is 0 Å². The van der Waals surface area contributed by atoms with Crippen LogP contribution in [0.25, 0.3) is 0 Å². The summed E-state index contributed by atoms with van der Waals surface area (Å²) in [5.74, 6) is 0. The predicted octanol–water partition coefficient (Wildman–Crippen LogP) is 3.87. The number of aromatic nitrogens is 2. The van der Waals surface area contributed by atoms with E-state index in [2.05, 4.69) is 50.0 Å². The zero-order valence-electron chi connectivity index (χ0n) is 10.8. The second kappa shape index (κ2) is 4.57. The molecule has 0 saturated heterocycles. The Morgan fingerprint density at radius 2 is 1.76 bits per heavy atom. The van der Waals surface area contributed by atoms with Crippen molar-refractivity contribution >= 4 is 11.8 Å². The molecule has 0 aliphatic rings. The summed E-state index contributed by atoms with van der Waals surface area (Å²) in [5.41, 5.74) is 1.59. The summed E-state index contributed by atoms with van der Waals surface area (Å²) in [6, 6.07) is 8.77. The Labute approximate surface area is 107 Å². The quantitative estimate of drug-likeness (QED) is 0.800. The van der Waals surface area contributed by atoms with Gasteiger partial charge in [-0.25, -0.2) is 4.98 Å². The summed E-state index contributed by atoms with van der Waals surface area (Å²) in [5, 5.41) is 1.16. The van der Waals surface area contributed by atoms with Gasteiger partial charge in [0.25, 0.3) is 0 Å². The van der Waals surface area contributed by atoms with Gasteiger partial charge in [-0.05, 0) is 23.1 Å². The molecule has 0 amide bonds. The van der Waals surface area contributed by atoms with Crippen molar-refractivity contribution in [2.45, 2.75) is 36.1 Å². The minimum absolute atomic E-state index is 0.218. The second-order valence-electron chi connectivity index (χ2n) is 5.22. The smallest absolute Gasteiger partial charge is 0.0991 e. The van der Waals surface area contributed by atoms with Gasteiger partial charge in [0.2, 0.25) is 0 Å². The van der Waals surface area contributed by atoms with E-state index in [1.165, 1.54) is 10.5 Å². The minimum atomic E-state index is 0.218. The van der Waals surface area contributed by atoms with Crippen LogP contribution >= 0.6 is 11.8 Å². The van der Waals surface area contributed by atoms with Crippen molar-refractivity contribution in [1.29, 1.82) is 0 Å². The van der Waals surface area contributed by atoms with Crippen LogP contribution in [0.3, 0.4) is 0 Å². The summed E-state index contributed by atoms with van der Waals surface area (Å²) in [6.45, 7) is 6.70. The minimum Gasteiger partial charge on any atom is -0.329 e. The lowest BCUT2D eigenvalue weighted by molar-refractivity contribution is 0.590. The van der Waals surface area contributed by atoms with E-state index in [1.807, 2.05) is 24.1 Å². The fourth-order valence-corrected chi connectivity index (χ4v) is 2.41. The van der Waals surface area contributed by atoms with Crippen molar-refractivity contribution in [1.82, 2.24) is 9.55 Å². The van der Waals surface area contributed by atoms with Gasteiger partial charge in [0, 0.05) is 11.9 Å². The Hall–Kier alpha value is -1.22. The van der Waals surface area contributed by atoms with Crippen LogP contribution in [0.2, 0.25) is 0 Å². The molecule has 2 aromatic rings. The summed E-state index contributed by atoms with van der Waals surface area (Å²) in [6.07, 6.45) is 3.72. The van der Waals surface area contributed by atoms with E-state index in [0.29, 0.717) is 0 Å². The van der Waals surface area contributed by atoms with Crippen LogP contribution in [0, 0.1) is 0 Å². The molecule has 0 saturated carbocycles. The van der Waals surface area contributed by atoms with E-state index in [9.17, 15) is 0 Å². The number of benzene rings is 1. The maximum absolute atomic E-state index is 4.12. The molecule has 90 valence electrons. The van der Waals surface area contributed by atoms with Gasteiger partial charge in [-0.3, -0.25) is 0 Å². The number of imidazole rings is 1. The molecule has 0 aliphatic heterocycles. The molecule has 0 N–H and O–H groups in total. The van der Waals surface area contributed by atoms with Crippen molar-refractivity contribution in [2.75, 3.05) is 0 Å². The van der Waals surface area contributed by atoms with Crippen LogP contribution in [0.4, 0.5) is 0 Å². The molecule has 3 heteroatoms. The zero-order chi connectivity index (χ0) is 12.5. The molecular weight excluding hydrogens is 228 g/mol. The molecule has 0 radical (unpaired) electrons. The maximum atomic E-state index is 4.12. The second-order valence-corrected chi connectivity index (χ2v) is 6.31. The zero-order valence-corrected chi connectivity index (χ0v) is 11.6. The first-order valence-corrected chi connectivity index (χ1v) is 6.53. The SMILES string of the molecule is Cn1cncc1Sc1ccc(C(C)(C)C)cc1. The molecule has 0 aliphatic carbocycles. The summed E-state index contributed by atoms with van der Waals surface area (Å²) >= 11 is 1.74. The Kier molecular flexibility index (Phi) is 3.29. The lowest BCUT2D eigenvalue weighted by Crippen LogP contribution is -2.10. The van der Waals surface area contributed by atoms with Gasteiger partial charge in [0.1, 0.15) is 0 Å². The third-order valence-corrected chi connectivity index (χ3v) is 3.83. The van der Waals surface area contributed by atoms with Gasteiger partial charge in [-0.1, -0.05) is 44.7 Å². The monoisotopic (exact) mass is 246 g/mol. The number of rotatable bonds is 2. The van der Waals surface area contributed by atoms with E-state index in [1.54, 1.807) is 11.8 Å². The highest BCUT2D eigenvalue weighted by molar-refractivity contribution is 7.99. The largest absolute Gasteiger partial charge is 0.329 e. The van der Waals surface area contributed by atoms with Gasteiger partial charge in [-0.2, -0.15) is 0 Å². The molecule has 2 nitrogen and oxygen atoms in total. The first kappa shape index (κ1) is 12.2. The van der Waals surface area contributed by atoms with E-state index in [-0.39, 0.29) is 5.41 Å². The molecule has 1 aromatic heterocycles. The normalized spacial score (nSPS) is 11.8. The first-order chi connectivity index (χ1) is 7.97. The number of aryl methyl sites for hydroxylation is 1. The highest BCUT2D eigenvalue weighted by Gasteiger charge is 2.13. The summed E-state index contributed by atoms with van der Waals surface area (Å²) in [4.78, 5) is 5.37. The Bertz CT molecular complexity index is 492. The van der Waals surface area contributed by atoms with E-state index in [4.69, 9.17) is 0 Å². The van der Waals surface area contributed by atoms with Gasteiger partial charge in [-0.15, -0.1) is 0 Å². The predicted molar refractivity (Wildman–Crippen MR) is 72.5 cm³/mol. The Morgan fingerprint density at radius 1 is 1.12 bits per heavy atom. The van der Waals surface area contributed by atoms with Gasteiger partial charge in [0.05, 0.1) is 17.6 Å². The summed E-state index contributed by atoms with van der Waals surface area (Å²) < 4.78 is 2.03. The average Bonchev–Trinajstić information content (AvgIpc) is 2.64. The van der Waals surface area contributed by atoms with Crippen LogP contribution < -0.4 is 0 Å². The van der Waals surface area contributed by atoms with Crippen LogP contribution in [-0.2, 0) is 12.5 Å². The lowest BCUT2D eigenvalue weighted by Gasteiger charge is -2.19. The molecule has 0 atom stereocenters. The first-order valence-electron chi connectivity index (χ1n) is 5.71. The molecule has 0 bridgehead atoms. The molecule has 0 fully saturated rings. The number of hydrogen-bond acceptors (Lipinski definition) is 2. The van der Waals surface area contributed by atoms with Gasteiger partial charge >= 0.3 is 0 Å². The number of nitrogens with zero attached hydrogens (tertiary/aromatic N) is 2. The van der Waals surface area contributed by atoms with E-state index >= 15 is 0 Å². The average molecular weight is 246 g/mol. The number of hydrogen-bond donors (Lipinski definition) is 0. The van der Waals surface area contributed by atoms with Crippen molar-refractivity contribution in [3.63, 3.8) is 0 Å². The third-order valence-electron chi connectivity index (χ3n) is 2.72. The summed E-state index contributed by atoms with van der Waals surface area (Å²) in [7, 11) is 2.01. The van der Waals surface area contributed by atoms with Gasteiger partial charge in [0.15, 0.2) is 0 Å². The van der Waals surface area contributed by atoms with Crippen molar-refractivity contribution in [3.05, 3.63) is 42.4 Å². The Morgan fingerprint density at radius 3 is 2.24 bits per heavy atom. The lowest BCUT2D eigenvalue weighted by atomic mass is 9.87. The topological polar surface area (TPSA) is 17.8 Å². The molecule has 2 rings (SSSR count). The molecule has 17 heavy (non-hydrogen) atoms. The van der Waals surface area contributed by atoms with Crippen molar-refractivity contribution in [3.8, 4) is 0 Å². The van der Waals surface area contributed by atoms with Crippen molar-refractivity contribution in [2.24, 2.45) is 7.05 Å². The van der Waals surface area contributed by atoms with Crippen LogP contribution in [0.1, 0.15) is 26.3 Å². The Balaban J connectivity index is 2.17. The third kappa shape index (κ3) is 2.91. The molecule has 1 aromatic carbocycles. The highest BCUT2D eigenvalue weighted by atomic mass is 32.2. The molecule has 0 spiro atoms. The van der Waals surface area contributed by atoms with Crippen LogP contribution in [-0.4, -0.2) is 9.55 Å². The van der Waals surface area contributed by atoms with Crippen LogP contribution in [0.5, 0.6) is 0 Å². The highest BCUT2D eigenvalue weighted by Crippen LogP contribution is 2.29. The standard InChI is InChI=1S/C14H18N2S/c1-14(2,3)11-5-7-12(8-6-11)17-13-9-15-10-16(13)4/h5-10H,1-4H3. The van der Waals surface area contributed by atoms with E-state index in [0.717, 1.165) is 5.03 Å². The van der Waals surface area contributed by atoms with Crippen molar-refractivity contribution < 1.29 is 0 Å². The van der Waals surface area contributed by atoms with Crippen LogP contribution in [0.15, 0.2) is 46.7 Å². The molecular formula is C14H18N2S. The van der Waals surface area contributed by atoms with Gasteiger partial charge < -0.3 is 4.57 Å². The molecule has 1 heterocycles.